The van der Waals surface area contributed by atoms with Crippen LogP contribution in [-0.2, 0) is 0 Å². The summed E-state index contributed by atoms with van der Waals surface area (Å²) in [5.41, 5.74) is 0. The van der Waals surface area contributed by atoms with Crippen LogP contribution >= 0.6 is 0 Å². The first-order valence-corrected chi connectivity index (χ1v) is 19.8. The molecule has 1 nitrogen and oxygen atoms in total. The van der Waals surface area contributed by atoms with Gasteiger partial charge in [0.15, 0.2) is 18.4 Å². The van der Waals surface area contributed by atoms with Crippen LogP contribution < -0.4 is 4.57 Å². The van der Waals surface area contributed by atoms with E-state index in [4.69, 9.17) is 0 Å². The van der Waals surface area contributed by atoms with Gasteiger partial charge in [-0.25, -0.2) is 4.57 Å². The number of rotatable bonds is 34. The summed E-state index contributed by atoms with van der Waals surface area (Å²) in [6.45, 7) is 4.62. The number of aromatic nitrogens is 1. The van der Waals surface area contributed by atoms with E-state index in [0.717, 1.165) is 0 Å². The summed E-state index contributed by atoms with van der Waals surface area (Å²) in [7, 11) is 0. The summed E-state index contributed by atoms with van der Waals surface area (Å²) in [5, 5.41) is 0. The Morgan fingerprint density at radius 1 is 0.310 bits per heavy atom. The zero-order chi connectivity index (χ0) is 30.0. The summed E-state index contributed by atoms with van der Waals surface area (Å²) in [5.74, 6) is 0. The molecule has 0 saturated heterocycles. The third-order valence-electron chi connectivity index (χ3n) is 9.69. The maximum absolute atomic E-state index is 2.51. The lowest BCUT2D eigenvalue weighted by Crippen LogP contribution is -2.38. The van der Waals surface area contributed by atoms with Gasteiger partial charge in [0, 0.05) is 25.0 Å². The van der Waals surface area contributed by atoms with E-state index in [1.807, 2.05) is 0 Å². The van der Waals surface area contributed by atoms with Crippen molar-refractivity contribution in [2.45, 2.75) is 232 Å². The molecule has 1 aromatic heterocycles. The van der Waals surface area contributed by atoms with E-state index < -0.39 is 0 Å². The molecule has 1 heteroatoms. The van der Waals surface area contributed by atoms with Crippen molar-refractivity contribution in [2.24, 2.45) is 0 Å². The minimum absolute atomic E-state index is 0.708. The van der Waals surface area contributed by atoms with Crippen molar-refractivity contribution in [1.29, 1.82) is 0 Å². The summed E-state index contributed by atoms with van der Waals surface area (Å²) in [4.78, 5) is 0. The lowest BCUT2D eigenvalue weighted by Gasteiger charge is -2.13. The highest BCUT2D eigenvalue weighted by Crippen LogP contribution is 2.20. The minimum Gasteiger partial charge on any atom is -0.202 e. The Labute approximate surface area is 266 Å². The summed E-state index contributed by atoms with van der Waals surface area (Å²) in [6.07, 6.45) is 52.4. The van der Waals surface area contributed by atoms with E-state index in [1.165, 1.54) is 212 Å². The van der Waals surface area contributed by atoms with Crippen molar-refractivity contribution in [3.8, 4) is 0 Å². The van der Waals surface area contributed by atoms with Gasteiger partial charge < -0.3 is 0 Å². The van der Waals surface area contributed by atoms with Crippen molar-refractivity contribution >= 4 is 0 Å². The van der Waals surface area contributed by atoms with Crippen molar-refractivity contribution in [2.75, 3.05) is 0 Å². The number of hydrogen-bond acceptors (Lipinski definition) is 0. The van der Waals surface area contributed by atoms with Gasteiger partial charge in [-0.2, -0.15) is 0 Å². The highest BCUT2D eigenvalue weighted by Gasteiger charge is 2.17. The molecule has 1 aromatic rings. The van der Waals surface area contributed by atoms with Gasteiger partial charge in [0.1, 0.15) is 0 Å². The van der Waals surface area contributed by atoms with E-state index >= 15 is 0 Å². The van der Waals surface area contributed by atoms with Crippen molar-refractivity contribution in [3.05, 3.63) is 30.6 Å². The molecule has 0 bridgehead atoms. The Hall–Kier alpha value is -0.850. The Bertz CT molecular complexity index is 611. The molecule has 1 atom stereocenters. The van der Waals surface area contributed by atoms with Gasteiger partial charge in [-0.15, -0.1) is 0 Å². The molecule has 0 saturated carbocycles. The molecular weight excluding hydrogens is 506 g/mol. The Morgan fingerprint density at radius 2 is 0.548 bits per heavy atom. The molecule has 1 rings (SSSR count). The van der Waals surface area contributed by atoms with Crippen molar-refractivity contribution in [1.82, 2.24) is 0 Å². The lowest BCUT2D eigenvalue weighted by molar-refractivity contribution is -0.724. The fourth-order valence-corrected chi connectivity index (χ4v) is 6.78. The van der Waals surface area contributed by atoms with Crippen molar-refractivity contribution < 1.29 is 4.57 Å². The average Bonchev–Trinajstić information content (AvgIpc) is 3.02. The molecule has 0 radical (unpaired) electrons. The van der Waals surface area contributed by atoms with Gasteiger partial charge in [0.05, 0.1) is 0 Å². The third-order valence-corrected chi connectivity index (χ3v) is 9.69. The van der Waals surface area contributed by atoms with Crippen LogP contribution in [0.2, 0.25) is 0 Å². The first-order chi connectivity index (χ1) is 20.9. The number of pyridine rings is 1. The molecule has 246 valence electrons. The first-order valence-electron chi connectivity index (χ1n) is 19.8. The molecule has 0 amide bonds. The van der Waals surface area contributed by atoms with Crippen molar-refractivity contribution in [3.63, 3.8) is 0 Å². The van der Waals surface area contributed by atoms with E-state index in [1.54, 1.807) is 0 Å². The molecule has 0 aliphatic carbocycles. The van der Waals surface area contributed by atoms with E-state index in [2.05, 4.69) is 49.0 Å². The molecule has 0 aliphatic heterocycles. The Kier molecular flexibility index (Phi) is 30.8. The summed E-state index contributed by atoms with van der Waals surface area (Å²) >= 11 is 0. The zero-order valence-corrected chi connectivity index (χ0v) is 29.2. The van der Waals surface area contributed by atoms with Crippen LogP contribution in [0.25, 0.3) is 0 Å². The van der Waals surface area contributed by atoms with Gasteiger partial charge in [0.2, 0.25) is 0 Å². The predicted octanol–water partition coefficient (Wildman–Crippen LogP) is 14.4. The van der Waals surface area contributed by atoms with Crippen LogP contribution in [-0.4, -0.2) is 0 Å². The largest absolute Gasteiger partial charge is 0.202 e. The monoisotopic (exact) mass is 585 g/mol. The lowest BCUT2D eigenvalue weighted by atomic mass is 9.99. The average molecular weight is 585 g/mol. The van der Waals surface area contributed by atoms with Gasteiger partial charge >= 0.3 is 0 Å². The highest BCUT2D eigenvalue weighted by atomic mass is 15.0. The van der Waals surface area contributed by atoms with Gasteiger partial charge in [-0.3, -0.25) is 0 Å². The fourth-order valence-electron chi connectivity index (χ4n) is 6.78. The molecule has 0 aliphatic rings. The summed E-state index contributed by atoms with van der Waals surface area (Å²) < 4.78 is 2.51. The fraction of sp³-hybridized carbons (Fsp3) is 0.878. The second kappa shape index (κ2) is 33.1. The van der Waals surface area contributed by atoms with Crippen LogP contribution in [0.5, 0.6) is 0 Å². The quantitative estimate of drug-likeness (QED) is 0.0560. The van der Waals surface area contributed by atoms with E-state index in [0.29, 0.717) is 6.04 Å². The molecule has 0 fully saturated rings. The maximum Gasteiger partial charge on any atom is 0.169 e. The zero-order valence-electron chi connectivity index (χ0n) is 29.2. The summed E-state index contributed by atoms with van der Waals surface area (Å²) in [6, 6.07) is 7.30. The molecule has 1 heterocycles. The van der Waals surface area contributed by atoms with Gasteiger partial charge in [-0.1, -0.05) is 206 Å². The first kappa shape index (κ1) is 39.2. The number of nitrogens with zero attached hydrogens (tertiary/aromatic N) is 1. The van der Waals surface area contributed by atoms with Crippen LogP contribution in [0.4, 0.5) is 0 Å². The Balaban J connectivity index is 1.96. The normalized spacial score (nSPS) is 12.2. The van der Waals surface area contributed by atoms with Crippen LogP contribution in [0.3, 0.4) is 0 Å². The minimum atomic E-state index is 0.708. The smallest absolute Gasteiger partial charge is 0.169 e. The van der Waals surface area contributed by atoms with Crippen LogP contribution in [0.1, 0.15) is 232 Å². The number of hydrogen-bond donors (Lipinski definition) is 0. The molecule has 0 spiro atoms. The highest BCUT2D eigenvalue weighted by molar-refractivity contribution is 4.84. The number of unbranched alkanes of at least 4 members (excludes halogenated alkanes) is 29. The third kappa shape index (κ3) is 26.8. The molecule has 0 aromatic carbocycles. The molecular formula is C41H78N+. The topological polar surface area (TPSA) is 3.88 Å². The second-order valence-corrected chi connectivity index (χ2v) is 13.8. The van der Waals surface area contributed by atoms with Gasteiger partial charge in [-0.05, 0) is 12.8 Å². The van der Waals surface area contributed by atoms with Gasteiger partial charge in [0.25, 0.3) is 0 Å². The molecule has 0 N–H and O–H groups in total. The molecule has 1 unspecified atom stereocenters. The van der Waals surface area contributed by atoms with E-state index in [9.17, 15) is 0 Å². The van der Waals surface area contributed by atoms with E-state index in [-0.39, 0.29) is 0 Å². The SMILES string of the molecule is CCCCCCCCCCCCCCCCCCC(CCCCCCCCCCCCCCCCC)[n+]1ccccc1. The second-order valence-electron chi connectivity index (χ2n) is 13.8. The van der Waals surface area contributed by atoms with Crippen LogP contribution in [0, 0.1) is 0 Å². The molecule has 42 heavy (non-hydrogen) atoms. The maximum atomic E-state index is 2.51. The van der Waals surface area contributed by atoms with Crippen LogP contribution in [0.15, 0.2) is 30.6 Å². The predicted molar refractivity (Wildman–Crippen MR) is 189 cm³/mol. The standard InChI is InChI=1S/C41H78N/c1-3-5-7-9-11-13-15-17-19-21-23-25-27-29-31-34-38-41(42-39-35-32-36-40-42)37-33-30-28-26-24-22-20-18-16-14-12-10-8-6-4-2/h32,35-36,39-41H,3-31,33-34,37-38H2,1-2H3/q+1. The Morgan fingerprint density at radius 3 is 0.810 bits per heavy atom.